The van der Waals surface area contributed by atoms with Crippen LogP contribution in [0.3, 0.4) is 0 Å². The van der Waals surface area contributed by atoms with Gasteiger partial charge in [0.05, 0.1) is 16.6 Å². The monoisotopic (exact) mass is 484 g/mol. The number of hydrogen-bond acceptors (Lipinski definition) is 7. The molecule has 1 saturated carbocycles. The lowest BCUT2D eigenvalue weighted by atomic mass is 9.91. The predicted octanol–water partition coefficient (Wildman–Crippen LogP) is 3.61. The van der Waals surface area contributed by atoms with Crippen molar-refractivity contribution in [3.63, 3.8) is 0 Å². The Kier molecular flexibility index (Phi) is 5.77. The molecule has 2 aromatic heterocycles. The van der Waals surface area contributed by atoms with Gasteiger partial charge in [0.2, 0.25) is 0 Å². The maximum Gasteiger partial charge on any atom is 0.265 e. The maximum absolute atomic E-state index is 13.6. The summed E-state index contributed by atoms with van der Waals surface area (Å²) < 4.78 is 6.29. The van der Waals surface area contributed by atoms with Crippen molar-refractivity contribution in [3.05, 3.63) is 76.5 Å². The molecule has 0 atom stereocenters. The van der Waals surface area contributed by atoms with Gasteiger partial charge in [-0.05, 0) is 55.7 Å². The maximum atomic E-state index is 13.6. The molecule has 36 heavy (non-hydrogen) atoms. The van der Waals surface area contributed by atoms with Crippen molar-refractivity contribution in [2.45, 2.75) is 32.2 Å². The summed E-state index contributed by atoms with van der Waals surface area (Å²) in [6, 6.07) is 13.5. The van der Waals surface area contributed by atoms with Gasteiger partial charge in [0.15, 0.2) is 5.82 Å². The van der Waals surface area contributed by atoms with Gasteiger partial charge in [-0.1, -0.05) is 17.6 Å². The van der Waals surface area contributed by atoms with Crippen molar-refractivity contribution < 1.29 is 9.32 Å². The predicted molar refractivity (Wildman–Crippen MR) is 138 cm³/mol. The minimum atomic E-state index is -0.338. The van der Waals surface area contributed by atoms with Crippen LogP contribution in [0.5, 0.6) is 0 Å². The Morgan fingerprint density at radius 1 is 1.06 bits per heavy atom. The van der Waals surface area contributed by atoms with Crippen molar-refractivity contribution in [1.82, 2.24) is 19.6 Å². The first-order valence-corrected chi connectivity index (χ1v) is 12.4. The minimum absolute atomic E-state index is 0.160. The Morgan fingerprint density at radius 3 is 2.61 bits per heavy atom. The van der Waals surface area contributed by atoms with E-state index in [1.807, 2.05) is 25.1 Å². The van der Waals surface area contributed by atoms with Gasteiger partial charge in [-0.25, -0.2) is 4.98 Å². The van der Waals surface area contributed by atoms with Gasteiger partial charge in [0.25, 0.3) is 11.5 Å². The standard InChI is InChI=1S/C27H28N6O3/c1-18-5-6-19(26(34)29-25-9-14-36-30-25)15-24(18)33-17-28-23-8-7-21(16-22(23)27(33)35)32-12-10-31(11-13-32)20-3-2-4-20/h5-9,14-17,20H,2-4,10-13H2,1H3,(H,29,30,34). The molecule has 4 aromatic rings. The van der Waals surface area contributed by atoms with E-state index >= 15 is 0 Å². The molecule has 1 aliphatic carbocycles. The quantitative estimate of drug-likeness (QED) is 0.462. The largest absolute Gasteiger partial charge is 0.369 e. The third-order valence-corrected chi connectivity index (χ3v) is 7.42. The highest BCUT2D eigenvalue weighted by Gasteiger charge is 2.28. The summed E-state index contributed by atoms with van der Waals surface area (Å²) in [5.74, 6) is -0.0111. The van der Waals surface area contributed by atoms with Gasteiger partial charge in [0.1, 0.15) is 12.6 Å². The highest BCUT2D eigenvalue weighted by Crippen LogP contribution is 2.27. The summed E-state index contributed by atoms with van der Waals surface area (Å²) in [7, 11) is 0. The SMILES string of the molecule is Cc1ccc(C(=O)Nc2ccon2)cc1-n1cnc2ccc(N3CCN(C4CCC4)CC3)cc2c1=O. The molecule has 1 aliphatic heterocycles. The van der Waals surface area contributed by atoms with E-state index in [4.69, 9.17) is 4.52 Å². The van der Waals surface area contributed by atoms with Crippen molar-refractivity contribution in [3.8, 4) is 5.69 Å². The Labute approximate surface area is 208 Å². The van der Waals surface area contributed by atoms with E-state index in [-0.39, 0.29) is 11.5 Å². The molecule has 0 bridgehead atoms. The molecule has 0 unspecified atom stereocenters. The Hall–Kier alpha value is -3.98. The summed E-state index contributed by atoms with van der Waals surface area (Å²) in [5.41, 5.74) is 3.42. The fourth-order valence-corrected chi connectivity index (χ4v) is 5.05. The molecular weight excluding hydrogens is 456 g/mol. The van der Waals surface area contributed by atoms with Gasteiger partial charge in [-0.15, -0.1) is 0 Å². The summed E-state index contributed by atoms with van der Waals surface area (Å²) in [6.07, 6.45) is 6.92. The van der Waals surface area contributed by atoms with Crippen LogP contribution in [0.25, 0.3) is 16.6 Å². The van der Waals surface area contributed by atoms with Crippen LogP contribution in [0.2, 0.25) is 0 Å². The third-order valence-electron chi connectivity index (χ3n) is 7.42. The normalized spacial score (nSPS) is 16.8. The minimum Gasteiger partial charge on any atom is -0.369 e. The number of anilines is 2. The van der Waals surface area contributed by atoms with Crippen molar-refractivity contribution in [2.75, 3.05) is 36.4 Å². The first-order valence-electron chi connectivity index (χ1n) is 12.4. The van der Waals surface area contributed by atoms with E-state index in [9.17, 15) is 9.59 Å². The third kappa shape index (κ3) is 4.15. The molecule has 0 radical (unpaired) electrons. The van der Waals surface area contributed by atoms with E-state index in [2.05, 4.69) is 31.3 Å². The average molecular weight is 485 g/mol. The average Bonchev–Trinajstić information content (AvgIpc) is 3.37. The number of aromatic nitrogens is 3. The van der Waals surface area contributed by atoms with Crippen LogP contribution in [0.15, 0.2) is 64.4 Å². The molecule has 2 aromatic carbocycles. The topological polar surface area (TPSA) is 96.5 Å². The Balaban J connectivity index is 1.29. The summed E-state index contributed by atoms with van der Waals surface area (Å²) in [5, 5.41) is 6.97. The molecule has 2 fully saturated rings. The summed E-state index contributed by atoms with van der Waals surface area (Å²) in [4.78, 5) is 35.8. The van der Waals surface area contributed by atoms with Gasteiger partial charge in [-0.2, -0.15) is 0 Å². The number of amides is 1. The van der Waals surface area contributed by atoms with Gasteiger partial charge in [-0.3, -0.25) is 19.1 Å². The van der Waals surface area contributed by atoms with Crippen LogP contribution >= 0.6 is 0 Å². The Bertz CT molecular complexity index is 1470. The molecular formula is C27H28N6O3. The first kappa shape index (κ1) is 22.5. The van der Waals surface area contributed by atoms with Gasteiger partial charge in [0, 0.05) is 49.5 Å². The fraction of sp³-hybridized carbons (Fsp3) is 0.333. The van der Waals surface area contributed by atoms with Gasteiger partial charge < -0.3 is 14.7 Å². The number of fused-ring (bicyclic) bond motifs is 1. The molecule has 2 aliphatic rings. The fourth-order valence-electron chi connectivity index (χ4n) is 5.05. The lowest BCUT2D eigenvalue weighted by Gasteiger charge is -2.43. The number of rotatable bonds is 5. The number of benzene rings is 2. The smallest absolute Gasteiger partial charge is 0.265 e. The molecule has 3 heterocycles. The molecule has 0 spiro atoms. The second-order valence-electron chi connectivity index (χ2n) is 9.57. The second kappa shape index (κ2) is 9.23. The molecule has 9 nitrogen and oxygen atoms in total. The number of piperazine rings is 1. The second-order valence-corrected chi connectivity index (χ2v) is 9.57. The van der Waals surface area contributed by atoms with Crippen molar-refractivity contribution >= 4 is 28.3 Å². The summed E-state index contributed by atoms with van der Waals surface area (Å²) >= 11 is 0. The van der Waals surface area contributed by atoms with E-state index in [1.54, 1.807) is 18.2 Å². The molecule has 1 N–H and O–H groups in total. The molecule has 6 rings (SSSR count). The van der Waals surface area contributed by atoms with Crippen molar-refractivity contribution in [1.29, 1.82) is 0 Å². The molecule has 184 valence electrons. The number of hydrogen-bond donors (Lipinski definition) is 1. The van der Waals surface area contributed by atoms with Crippen LogP contribution in [0.1, 0.15) is 35.2 Å². The number of nitrogens with zero attached hydrogens (tertiary/aromatic N) is 5. The van der Waals surface area contributed by atoms with Crippen molar-refractivity contribution in [2.24, 2.45) is 0 Å². The molecule has 1 saturated heterocycles. The van der Waals surface area contributed by atoms with Gasteiger partial charge >= 0.3 is 0 Å². The highest BCUT2D eigenvalue weighted by atomic mass is 16.5. The number of carbonyl (C=O) groups is 1. The Morgan fingerprint density at radius 2 is 1.89 bits per heavy atom. The lowest BCUT2D eigenvalue weighted by Crippen LogP contribution is -2.52. The highest BCUT2D eigenvalue weighted by molar-refractivity contribution is 6.04. The number of nitrogens with one attached hydrogen (secondary N) is 1. The molecule has 9 heteroatoms. The van der Waals surface area contributed by atoms with E-state index in [0.717, 1.165) is 43.5 Å². The zero-order chi connectivity index (χ0) is 24.6. The zero-order valence-corrected chi connectivity index (χ0v) is 20.2. The van der Waals surface area contributed by atoms with Crippen LogP contribution in [0.4, 0.5) is 11.5 Å². The number of aryl methyl sites for hydroxylation is 1. The zero-order valence-electron chi connectivity index (χ0n) is 20.2. The van der Waals surface area contributed by atoms with Crippen LogP contribution < -0.4 is 15.8 Å². The van der Waals surface area contributed by atoms with E-state index in [1.165, 1.54) is 36.4 Å². The first-order chi connectivity index (χ1) is 17.6. The molecule has 1 amide bonds. The van der Waals surface area contributed by atoms with Crippen LogP contribution in [0, 0.1) is 6.92 Å². The van der Waals surface area contributed by atoms with Crippen LogP contribution in [-0.4, -0.2) is 57.7 Å². The van der Waals surface area contributed by atoms with Crippen LogP contribution in [-0.2, 0) is 0 Å². The van der Waals surface area contributed by atoms with E-state index in [0.29, 0.717) is 28.0 Å². The summed E-state index contributed by atoms with van der Waals surface area (Å²) in [6.45, 7) is 5.94. The lowest BCUT2D eigenvalue weighted by molar-refractivity contribution is 0.102. The van der Waals surface area contributed by atoms with E-state index < -0.39 is 0 Å². The number of carbonyl (C=O) groups excluding carboxylic acids is 1.